The molecule has 0 saturated heterocycles. The van der Waals surface area contributed by atoms with E-state index >= 15 is 0 Å². The van der Waals surface area contributed by atoms with Crippen LogP contribution in [0.2, 0.25) is 0 Å². The second-order valence-electron chi connectivity index (χ2n) is 5.51. The number of hydrogen-bond acceptors (Lipinski definition) is 3. The molecule has 1 aromatic heterocycles. The molecule has 0 saturated carbocycles. The Balaban J connectivity index is 3.25. The van der Waals surface area contributed by atoms with Crippen LogP contribution >= 0.6 is 15.9 Å². The SMILES string of the molecule is CCNC(c1c(Br)cnn1CC)C(C)(C)N(CC)CC. The Kier molecular flexibility index (Phi) is 6.69. The van der Waals surface area contributed by atoms with Gasteiger partial charge in [0, 0.05) is 12.1 Å². The minimum atomic E-state index is 0.0228. The molecule has 1 rings (SSSR count). The number of likely N-dealkylation sites (N-methyl/N-ethyl adjacent to an activating group) is 2. The molecule has 0 radical (unpaired) electrons. The van der Waals surface area contributed by atoms with Crippen LogP contribution in [-0.4, -0.2) is 39.9 Å². The predicted octanol–water partition coefficient (Wildman–Crippen LogP) is 3.44. The molecule has 1 N–H and O–H groups in total. The van der Waals surface area contributed by atoms with Crippen molar-refractivity contribution < 1.29 is 0 Å². The van der Waals surface area contributed by atoms with E-state index in [-0.39, 0.29) is 11.6 Å². The van der Waals surface area contributed by atoms with Crippen LogP contribution in [0.3, 0.4) is 0 Å². The average Bonchev–Trinajstić information content (AvgIpc) is 2.77. The van der Waals surface area contributed by atoms with Crippen molar-refractivity contribution >= 4 is 15.9 Å². The quantitative estimate of drug-likeness (QED) is 0.784. The smallest absolute Gasteiger partial charge is 0.0714 e. The highest BCUT2D eigenvalue weighted by molar-refractivity contribution is 9.10. The highest BCUT2D eigenvalue weighted by atomic mass is 79.9. The fourth-order valence-electron chi connectivity index (χ4n) is 3.02. The van der Waals surface area contributed by atoms with Crippen LogP contribution in [0.25, 0.3) is 0 Å². The third-order valence-corrected chi connectivity index (χ3v) is 4.71. The second kappa shape index (κ2) is 7.57. The number of aryl methyl sites for hydroxylation is 1. The van der Waals surface area contributed by atoms with Gasteiger partial charge in [0.25, 0.3) is 0 Å². The summed E-state index contributed by atoms with van der Waals surface area (Å²) in [6.45, 7) is 17.3. The van der Waals surface area contributed by atoms with Crippen molar-refractivity contribution in [1.82, 2.24) is 20.0 Å². The Morgan fingerprint density at radius 1 is 1.30 bits per heavy atom. The monoisotopic (exact) mass is 344 g/mol. The lowest BCUT2D eigenvalue weighted by molar-refractivity contribution is 0.0879. The molecule has 116 valence electrons. The maximum Gasteiger partial charge on any atom is 0.0714 e. The first kappa shape index (κ1) is 17.7. The summed E-state index contributed by atoms with van der Waals surface area (Å²) in [5.41, 5.74) is 1.26. The van der Waals surface area contributed by atoms with E-state index in [1.54, 1.807) is 0 Å². The number of nitrogens with one attached hydrogen (secondary N) is 1. The van der Waals surface area contributed by atoms with E-state index in [1.165, 1.54) is 5.69 Å². The van der Waals surface area contributed by atoms with Gasteiger partial charge < -0.3 is 5.32 Å². The van der Waals surface area contributed by atoms with Crippen LogP contribution < -0.4 is 5.32 Å². The molecule has 0 fully saturated rings. The van der Waals surface area contributed by atoms with Gasteiger partial charge in [-0.1, -0.05) is 20.8 Å². The maximum absolute atomic E-state index is 4.47. The molecule has 1 unspecified atom stereocenters. The largest absolute Gasteiger partial charge is 0.307 e. The van der Waals surface area contributed by atoms with Gasteiger partial charge in [-0.2, -0.15) is 5.10 Å². The fraction of sp³-hybridized carbons (Fsp3) is 0.800. The van der Waals surface area contributed by atoms with Gasteiger partial charge in [0.1, 0.15) is 0 Å². The van der Waals surface area contributed by atoms with E-state index < -0.39 is 0 Å². The van der Waals surface area contributed by atoms with Gasteiger partial charge in [0.15, 0.2) is 0 Å². The summed E-state index contributed by atoms with van der Waals surface area (Å²) in [4.78, 5) is 2.50. The summed E-state index contributed by atoms with van der Waals surface area (Å²) in [5.74, 6) is 0. The van der Waals surface area contributed by atoms with Crippen molar-refractivity contribution in [1.29, 1.82) is 0 Å². The first-order valence-electron chi connectivity index (χ1n) is 7.63. The standard InChI is InChI=1S/C15H29BrN4/c1-7-17-14(15(5,6)19(8-2)9-3)13-12(16)11-18-20(13)10-4/h11,14,17H,7-10H2,1-6H3. The molecule has 1 aromatic rings. The van der Waals surface area contributed by atoms with Gasteiger partial charge in [-0.05, 0) is 56.3 Å². The van der Waals surface area contributed by atoms with E-state index in [2.05, 4.69) is 77.5 Å². The summed E-state index contributed by atoms with van der Waals surface area (Å²) in [7, 11) is 0. The lowest BCUT2D eigenvalue weighted by Gasteiger charge is -2.44. The molecule has 0 aliphatic rings. The van der Waals surface area contributed by atoms with E-state index in [0.717, 1.165) is 30.7 Å². The molecule has 1 heterocycles. The van der Waals surface area contributed by atoms with Crippen molar-refractivity contribution in [2.45, 2.75) is 59.7 Å². The minimum Gasteiger partial charge on any atom is -0.307 e. The molecule has 5 heteroatoms. The number of nitrogens with zero attached hydrogens (tertiary/aromatic N) is 3. The molecule has 0 bridgehead atoms. The zero-order valence-corrected chi connectivity index (χ0v) is 15.3. The van der Waals surface area contributed by atoms with Crippen LogP contribution in [0.5, 0.6) is 0 Å². The van der Waals surface area contributed by atoms with Crippen molar-refractivity contribution in [2.24, 2.45) is 0 Å². The van der Waals surface area contributed by atoms with E-state index in [1.807, 2.05) is 6.20 Å². The Morgan fingerprint density at radius 2 is 1.90 bits per heavy atom. The van der Waals surface area contributed by atoms with Crippen LogP contribution in [0, 0.1) is 0 Å². The van der Waals surface area contributed by atoms with E-state index in [9.17, 15) is 0 Å². The van der Waals surface area contributed by atoms with Gasteiger partial charge in [0.2, 0.25) is 0 Å². The van der Waals surface area contributed by atoms with E-state index in [0.29, 0.717) is 0 Å². The molecule has 0 aromatic carbocycles. The van der Waals surface area contributed by atoms with E-state index in [4.69, 9.17) is 0 Å². The molecule has 1 atom stereocenters. The first-order valence-corrected chi connectivity index (χ1v) is 8.42. The van der Waals surface area contributed by atoms with Gasteiger partial charge in [-0.25, -0.2) is 0 Å². The Hall–Kier alpha value is -0.390. The highest BCUT2D eigenvalue weighted by Gasteiger charge is 2.37. The molecule has 0 spiro atoms. The zero-order chi connectivity index (χ0) is 15.3. The summed E-state index contributed by atoms with van der Waals surface area (Å²) in [6, 6.07) is 0.240. The minimum absolute atomic E-state index is 0.0228. The predicted molar refractivity (Wildman–Crippen MR) is 89.0 cm³/mol. The van der Waals surface area contributed by atoms with Gasteiger partial charge in [-0.15, -0.1) is 0 Å². The molecule has 0 aliphatic carbocycles. The number of rotatable bonds is 8. The topological polar surface area (TPSA) is 33.1 Å². The molecule has 20 heavy (non-hydrogen) atoms. The second-order valence-corrected chi connectivity index (χ2v) is 6.36. The molecule has 4 nitrogen and oxygen atoms in total. The summed E-state index contributed by atoms with van der Waals surface area (Å²) < 4.78 is 3.17. The van der Waals surface area contributed by atoms with Crippen LogP contribution in [0.15, 0.2) is 10.7 Å². The summed E-state index contributed by atoms with van der Waals surface area (Å²) in [5, 5.41) is 8.13. The molecule has 0 aliphatic heterocycles. The maximum atomic E-state index is 4.47. The molecular weight excluding hydrogens is 316 g/mol. The van der Waals surface area contributed by atoms with Crippen LogP contribution in [-0.2, 0) is 6.54 Å². The van der Waals surface area contributed by atoms with Crippen molar-refractivity contribution in [3.05, 3.63) is 16.4 Å². The fourth-order valence-corrected chi connectivity index (χ4v) is 3.54. The van der Waals surface area contributed by atoms with Crippen molar-refractivity contribution in [3.63, 3.8) is 0 Å². The van der Waals surface area contributed by atoms with Gasteiger partial charge >= 0.3 is 0 Å². The Labute approximate surface area is 132 Å². The average molecular weight is 345 g/mol. The number of halogens is 1. The first-order chi connectivity index (χ1) is 9.43. The van der Waals surface area contributed by atoms with Crippen molar-refractivity contribution in [3.8, 4) is 0 Å². The summed E-state index contributed by atoms with van der Waals surface area (Å²) in [6.07, 6.45) is 1.90. The zero-order valence-electron chi connectivity index (χ0n) is 13.7. The third kappa shape index (κ3) is 3.43. The third-order valence-electron chi connectivity index (χ3n) is 4.10. The molecular formula is C15H29BrN4. The lowest BCUT2D eigenvalue weighted by Crippen LogP contribution is -2.53. The normalized spacial score (nSPS) is 14.0. The summed E-state index contributed by atoms with van der Waals surface area (Å²) >= 11 is 3.67. The molecule has 0 amide bonds. The Morgan fingerprint density at radius 3 is 2.35 bits per heavy atom. The van der Waals surface area contributed by atoms with Crippen molar-refractivity contribution in [2.75, 3.05) is 19.6 Å². The highest BCUT2D eigenvalue weighted by Crippen LogP contribution is 2.34. The number of aromatic nitrogens is 2. The van der Waals surface area contributed by atoms with Gasteiger partial charge in [-0.3, -0.25) is 9.58 Å². The van der Waals surface area contributed by atoms with Crippen LogP contribution in [0.1, 0.15) is 53.3 Å². The van der Waals surface area contributed by atoms with Crippen LogP contribution in [0.4, 0.5) is 0 Å². The number of hydrogen-bond donors (Lipinski definition) is 1. The Bertz CT molecular complexity index is 410. The van der Waals surface area contributed by atoms with Gasteiger partial charge in [0.05, 0.1) is 22.4 Å². The lowest BCUT2D eigenvalue weighted by atomic mass is 9.89.